The molecule has 0 atom stereocenters. The van der Waals surface area contributed by atoms with Crippen LogP contribution in [0.4, 0.5) is 14.5 Å². The van der Waals surface area contributed by atoms with Crippen molar-refractivity contribution >= 4 is 21.4 Å². The summed E-state index contributed by atoms with van der Waals surface area (Å²) in [5, 5.41) is 12.9. The van der Waals surface area contributed by atoms with Gasteiger partial charge in [0.2, 0.25) is 0 Å². The number of benzene rings is 2. The summed E-state index contributed by atoms with van der Waals surface area (Å²) in [5.41, 5.74) is 2.65. The molecule has 0 spiro atoms. The Kier molecular flexibility index (Phi) is 5.02. The molecule has 3 aromatic heterocycles. The van der Waals surface area contributed by atoms with E-state index in [1.807, 2.05) is 0 Å². The van der Waals surface area contributed by atoms with E-state index in [1.54, 1.807) is 59.4 Å². The van der Waals surface area contributed by atoms with Gasteiger partial charge in [-0.15, -0.1) is 10.2 Å². The molecule has 0 fully saturated rings. The Balaban J connectivity index is 1.50. The second-order valence-electron chi connectivity index (χ2n) is 7.01. The SMILES string of the molecule is O=S(=O)(Nc1cccc(-c2ccc3nnc(-c4ccncc4)n3n2)c1)c1ccc(F)cc1F. The van der Waals surface area contributed by atoms with Gasteiger partial charge in [-0.05, 0) is 48.5 Å². The number of hydrogen-bond donors (Lipinski definition) is 1. The van der Waals surface area contributed by atoms with Gasteiger partial charge in [-0.1, -0.05) is 12.1 Å². The quantitative estimate of drug-likeness (QED) is 0.423. The molecule has 164 valence electrons. The van der Waals surface area contributed by atoms with Crippen LogP contribution in [0, 0.1) is 11.6 Å². The number of aromatic nitrogens is 5. The Morgan fingerprint density at radius 2 is 1.67 bits per heavy atom. The number of sulfonamides is 1. The van der Waals surface area contributed by atoms with E-state index in [4.69, 9.17) is 0 Å². The van der Waals surface area contributed by atoms with Crippen LogP contribution in [0.5, 0.6) is 0 Å². The summed E-state index contributed by atoms with van der Waals surface area (Å²) in [7, 11) is -4.27. The molecule has 2 aromatic carbocycles. The third-order valence-corrected chi connectivity index (χ3v) is 6.21. The molecule has 3 heterocycles. The van der Waals surface area contributed by atoms with Gasteiger partial charge in [0.05, 0.1) is 5.69 Å². The van der Waals surface area contributed by atoms with Gasteiger partial charge in [0.1, 0.15) is 16.5 Å². The monoisotopic (exact) mass is 464 g/mol. The van der Waals surface area contributed by atoms with E-state index >= 15 is 0 Å². The number of nitrogens with zero attached hydrogens (tertiary/aromatic N) is 5. The van der Waals surface area contributed by atoms with Gasteiger partial charge in [0, 0.05) is 35.3 Å². The second-order valence-corrected chi connectivity index (χ2v) is 8.66. The summed E-state index contributed by atoms with van der Waals surface area (Å²) in [4.78, 5) is 3.34. The summed E-state index contributed by atoms with van der Waals surface area (Å²) < 4.78 is 56.3. The van der Waals surface area contributed by atoms with Crippen molar-refractivity contribution in [2.75, 3.05) is 4.72 Å². The van der Waals surface area contributed by atoms with Crippen LogP contribution in [0.15, 0.2) is 84.0 Å². The van der Waals surface area contributed by atoms with E-state index in [9.17, 15) is 17.2 Å². The van der Waals surface area contributed by atoms with Crippen molar-refractivity contribution in [3.63, 3.8) is 0 Å². The van der Waals surface area contributed by atoms with Crippen LogP contribution in [0.25, 0.3) is 28.3 Å². The Labute approximate surface area is 186 Å². The fourth-order valence-electron chi connectivity index (χ4n) is 3.27. The predicted octanol–water partition coefficient (Wildman–Crippen LogP) is 3.93. The molecule has 0 saturated heterocycles. The molecule has 5 rings (SSSR count). The molecule has 8 nitrogen and oxygen atoms in total. The highest BCUT2D eigenvalue weighted by molar-refractivity contribution is 7.92. The zero-order valence-corrected chi connectivity index (χ0v) is 17.5. The Hall–Kier alpha value is -4.25. The van der Waals surface area contributed by atoms with Gasteiger partial charge in [-0.3, -0.25) is 9.71 Å². The van der Waals surface area contributed by atoms with E-state index in [2.05, 4.69) is 25.0 Å². The minimum absolute atomic E-state index is 0.191. The molecule has 0 aliphatic carbocycles. The highest BCUT2D eigenvalue weighted by Gasteiger charge is 2.20. The van der Waals surface area contributed by atoms with Gasteiger partial charge in [0.15, 0.2) is 11.5 Å². The third-order valence-electron chi connectivity index (χ3n) is 4.80. The Morgan fingerprint density at radius 1 is 0.848 bits per heavy atom. The second kappa shape index (κ2) is 8.02. The smallest absolute Gasteiger partial charge is 0.264 e. The number of anilines is 1. The number of fused-ring (bicyclic) bond motifs is 1. The molecular weight excluding hydrogens is 450 g/mol. The van der Waals surface area contributed by atoms with Crippen LogP contribution in [-0.4, -0.2) is 33.2 Å². The van der Waals surface area contributed by atoms with E-state index in [0.717, 1.165) is 17.7 Å². The number of pyridine rings is 1. The summed E-state index contributed by atoms with van der Waals surface area (Å²) in [6, 6.07) is 15.8. The average Bonchev–Trinajstić information content (AvgIpc) is 3.22. The van der Waals surface area contributed by atoms with Crippen molar-refractivity contribution in [2.24, 2.45) is 0 Å². The molecule has 0 aliphatic rings. The minimum atomic E-state index is -4.27. The van der Waals surface area contributed by atoms with Crippen LogP contribution in [0.3, 0.4) is 0 Å². The lowest BCUT2D eigenvalue weighted by atomic mass is 10.1. The van der Waals surface area contributed by atoms with Crippen LogP contribution >= 0.6 is 0 Å². The Morgan fingerprint density at radius 3 is 2.45 bits per heavy atom. The number of rotatable bonds is 5. The molecule has 0 unspecified atom stereocenters. The molecule has 33 heavy (non-hydrogen) atoms. The normalized spacial score (nSPS) is 11.6. The summed E-state index contributed by atoms with van der Waals surface area (Å²) in [6.45, 7) is 0. The number of hydrogen-bond acceptors (Lipinski definition) is 6. The molecule has 0 aliphatic heterocycles. The first-order chi connectivity index (χ1) is 15.9. The molecular formula is C22H14F2N6O2S. The maximum absolute atomic E-state index is 14.0. The van der Waals surface area contributed by atoms with Crippen molar-refractivity contribution in [2.45, 2.75) is 4.90 Å². The largest absolute Gasteiger partial charge is 0.280 e. The summed E-state index contributed by atoms with van der Waals surface area (Å²) in [5.74, 6) is -1.52. The van der Waals surface area contributed by atoms with Crippen LogP contribution in [0.1, 0.15) is 0 Å². The van der Waals surface area contributed by atoms with E-state index in [0.29, 0.717) is 28.8 Å². The maximum Gasteiger partial charge on any atom is 0.264 e. The topological polar surface area (TPSA) is 102 Å². The average molecular weight is 464 g/mol. The third kappa shape index (κ3) is 4.01. The first kappa shape index (κ1) is 20.6. The first-order valence-corrected chi connectivity index (χ1v) is 11.1. The minimum Gasteiger partial charge on any atom is -0.280 e. The van der Waals surface area contributed by atoms with Crippen LogP contribution < -0.4 is 4.72 Å². The van der Waals surface area contributed by atoms with Crippen molar-refractivity contribution in [1.29, 1.82) is 0 Å². The van der Waals surface area contributed by atoms with Gasteiger partial charge >= 0.3 is 0 Å². The lowest BCUT2D eigenvalue weighted by Crippen LogP contribution is -2.14. The zero-order valence-electron chi connectivity index (χ0n) is 16.7. The van der Waals surface area contributed by atoms with Gasteiger partial charge in [-0.2, -0.15) is 9.61 Å². The highest BCUT2D eigenvalue weighted by Crippen LogP contribution is 2.25. The summed E-state index contributed by atoms with van der Waals surface area (Å²) in [6.07, 6.45) is 3.28. The van der Waals surface area contributed by atoms with Gasteiger partial charge < -0.3 is 0 Å². The molecule has 1 N–H and O–H groups in total. The van der Waals surface area contributed by atoms with E-state index in [1.165, 1.54) is 6.07 Å². The zero-order chi connectivity index (χ0) is 23.0. The van der Waals surface area contributed by atoms with Gasteiger partial charge in [-0.25, -0.2) is 17.2 Å². The van der Waals surface area contributed by atoms with Crippen LogP contribution in [-0.2, 0) is 10.0 Å². The Bertz CT molecular complexity index is 1590. The van der Waals surface area contributed by atoms with Crippen molar-refractivity contribution < 1.29 is 17.2 Å². The molecule has 11 heteroatoms. The molecule has 0 saturated carbocycles. The molecule has 0 radical (unpaired) electrons. The van der Waals surface area contributed by atoms with Gasteiger partial charge in [0.25, 0.3) is 10.0 Å². The maximum atomic E-state index is 14.0. The van der Waals surface area contributed by atoms with Crippen LogP contribution in [0.2, 0.25) is 0 Å². The van der Waals surface area contributed by atoms with E-state index in [-0.39, 0.29) is 5.69 Å². The summed E-state index contributed by atoms with van der Waals surface area (Å²) >= 11 is 0. The first-order valence-electron chi connectivity index (χ1n) is 9.62. The lowest BCUT2D eigenvalue weighted by molar-refractivity contribution is 0.551. The lowest BCUT2D eigenvalue weighted by Gasteiger charge is -2.10. The fourth-order valence-corrected chi connectivity index (χ4v) is 4.38. The van der Waals surface area contributed by atoms with Crippen molar-refractivity contribution in [1.82, 2.24) is 24.8 Å². The molecule has 0 bridgehead atoms. The molecule has 5 aromatic rings. The van der Waals surface area contributed by atoms with Crippen molar-refractivity contribution in [3.8, 4) is 22.6 Å². The molecule has 0 amide bonds. The number of nitrogens with one attached hydrogen (secondary N) is 1. The number of halogens is 2. The van der Waals surface area contributed by atoms with E-state index < -0.39 is 26.6 Å². The predicted molar refractivity (Wildman–Crippen MR) is 117 cm³/mol. The standard InChI is InChI=1S/C22H14F2N6O2S/c23-16-4-6-20(18(24)13-16)33(31,32)29-17-3-1-2-15(12-17)19-5-7-21-26-27-22(30(21)28-19)14-8-10-25-11-9-14/h1-13,29H. The highest BCUT2D eigenvalue weighted by atomic mass is 32.2. The fraction of sp³-hybridized carbons (Fsp3) is 0. The van der Waals surface area contributed by atoms with Crippen molar-refractivity contribution in [3.05, 3.63) is 90.8 Å².